The molecule has 27 heavy (non-hydrogen) atoms. The van der Waals surface area contributed by atoms with Crippen LogP contribution in [0.15, 0.2) is 18.5 Å². The molecule has 2 aromatic heterocycles. The molecule has 9 nitrogen and oxygen atoms in total. The molecular formula is C18H24N6O3. The molecule has 0 amide bonds. The van der Waals surface area contributed by atoms with Crippen LogP contribution in [-0.4, -0.2) is 39.3 Å². The lowest BCUT2D eigenvalue weighted by Gasteiger charge is -2.26. The summed E-state index contributed by atoms with van der Waals surface area (Å²) in [5.41, 5.74) is 11.4. The SMILES string of the molecule is CC(C)(C)C(N)C(=O)OCC1CCC(C#N)(c2ccc3c(N)ncnn23)O1. The average molecular weight is 372 g/mol. The van der Waals surface area contributed by atoms with Crippen LogP contribution >= 0.6 is 0 Å². The van der Waals surface area contributed by atoms with Gasteiger partial charge in [0.1, 0.15) is 30.6 Å². The molecule has 0 spiro atoms. The van der Waals surface area contributed by atoms with Gasteiger partial charge < -0.3 is 20.9 Å². The standard InChI is InChI=1S/C18H24N6O3/c1-17(2,3)14(20)16(25)26-8-11-6-7-18(9-19,27-11)13-5-4-12-15(21)22-10-23-24(12)13/h4-5,10-11,14H,6-8,20H2,1-3H3,(H2,21,22,23). The molecule has 0 aliphatic carbocycles. The van der Waals surface area contributed by atoms with Crippen LogP contribution in [0.1, 0.15) is 39.3 Å². The fraction of sp³-hybridized carbons (Fsp3) is 0.556. The Morgan fingerprint density at radius 1 is 1.56 bits per heavy atom. The molecule has 144 valence electrons. The molecule has 3 heterocycles. The Labute approximate surface area is 157 Å². The zero-order chi connectivity index (χ0) is 19.8. The van der Waals surface area contributed by atoms with E-state index in [4.69, 9.17) is 20.9 Å². The second-order valence-electron chi connectivity index (χ2n) is 7.85. The van der Waals surface area contributed by atoms with Crippen LogP contribution in [-0.2, 0) is 19.9 Å². The maximum absolute atomic E-state index is 12.1. The topological polar surface area (TPSA) is 142 Å². The van der Waals surface area contributed by atoms with E-state index in [1.165, 1.54) is 6.33 Å². The van der Waals surface area contributed by atoms with Crippen molar-refractivity contribution < 1.29 is 14.3 Å². The van der Waals surface area contributed by atoms with E-state index in [1.807, 2.05) is 20.8 Å². The number of ether oxygens (including phenoxy) is 2. The number of nitriles is 1. The first-order valence-electron chi connectivity index (χ1n) is 8.78. The van der Waals surface area contributed by atoms with Gasteiger partial charge in [-0.15, -0.1) is 0 Å². The number of rotatable bonds is 4. The van der Waals surface area contributed by atoms with E-state index in [2.05, 4.69) is 16.2 Å². The quantitative estimate of drug-likeness (QED) is 0.761. The minimum atomic E-state index is -1.18. The summed E-state index contributed by atoms with van der Waals surface area (Å²) >= 11 is 0. The van der Waals surface area contributed by atoms with E-state index in [0.717, 1.165) is 0 Å². The van der Waals surface area contributed by atoms with Crippen molar-refractivity contribution in [1.82, 2.24) is 14.6 Å². The predicted octanol–water partition coefficient (Wildman–Crippen LogP) is 1.13. The molecule has 0 saturated carbocycles. The van der Waals surface area contributed by atoms with Crippen molar-refractivity contribution in [2.75, 3.05) is 12.3 Å². The average Bonchev–Trinajstić information content (AvgIpc) is 3.24. The minimum Gasteiger partial charge on any atom is -0.462 e. The van der Waals surface area contributed by atoms with E-state index in [0.29, 0.717) is 29.9 Å². The number of carbonyl (C=O) groups is 1. The van der Waals surface area contributed by atoms with E-state index in [9.17, 15) is 10.1 Å². The first-order valence-corrected chi connectivity index (χ1v) is 8.78. The maximum atomic E-state index is 12.1. The second kappa shape index (κ2) is 6.79. The molecule has 0 aromatic carbocycles. The van der Waals surface area contributed by atoms with Gasteiger partial charge in [0.05, 0.1) is 11.8 Å². The van der Waals surface area contributed by atoms with Gasteiger partial charge in [0.2, 0.25) is 0 Å². The van der Waals surface area contributed by atoms with Gasteiger partial charge in [0, 0.05) is 0 Å². The third kappa shape index (κ3) is 3.46. The Morgan fingerprint density at radius 2 is 2.30 bits per heavy atom. The van der Waals surface area contributed by atoms with E-state index < -0.39 is 29.1 Å². The summed E-state index contributed by atoms with van der Waals surface area (Å²) in [4.78, 5) is 16.1. The molecule has 3 unspecified atom stereocenters. The summed E-state index contributed by atoms with van der Waals surface area (Å²) in [6.45, 7) is 5.66. The van der Waals surface area contributed by atoms with Gasteiger partial charge in [-0.1, -0.05) is 20.8 Å². The number of nitrogens with two attached hydrogens (primary N) is 2. The lowest BCUT2D eigenvalue weighted by atomic mass is 9.87. The van der Waals surface area contributed by atoms with Crippen molar-refractivity contribution in [1.29, 1.82) is 5.26 Å². The summed E-state index contributed by atoms with van der Waals surface area (Å²) < 4.78 is 12.9. The molecule has 2 aromatic rings. The number of hydrogen-bond donors (Lipinski definition) is 2. The van der Waals surface area contributed by atoms with Gasteiger partial charge >= 0.3 is 5.97 Å². The smallest absolute Gasteiger partial charge is 0.323 e. The summed E-state index contributed by atoms with van der Waals surface area (Å²) in [7, 11) is 0. The molecule has 4 N–H and O–H groups in total. The van der Waals surface area contributed by atoms with Crippen LogP contribution in [0, 0.1) is 16.7 Å². The molecule has 3 atom stereocenters. The van der Waals surface area contributed by atoms with Crippen molar-refractivity contribution >= 4 is 17.3 Å². The molecule has 1 fully saturated rings. The Balaban J connectivity index is 1.74. The first kappa shape index (κ1) is 19.1. The van der Waals surface area contributed by atoms with Gasteiger partial charge in [-0.2, -0.15) is 10.4 Å². The summed E-state index contributed by atoms with van der Waals surface area (Å²) in [6.07, 6.45) is 1.95. The zero-order valence-electron chi connectivity index (χ0n) is 15.7. The van der Waals surface area contributed by atoms with Gasteiger partial charge in [-0.05, 0) is 30.4 Å². The van der Waals surface area contributed by atoms with Crippen LogP contribution in [0.4, 0.5) is 5.82 Å². The minimum absolute atomic E-state index is 0.0481. The van der Waals surface area contributed by atoms with Crippen LogP contribution in [0.3, 0.4) is 0 Å². The Kier molecular flexibility index (Phi) is 4.80. The normalized spacial score (nSPS) is 23.9. The van der Waals surface area contributed by atoms with Gasteiger partial charge in [0.25, 0.3) is 0 Å². The molecule has 0 radical (unpaired) electrons. The largest absolute Gasteiger partial charge is 0.462 e. The van der Waals surface area contributed by atoms with Crippen molar-refractivity contribution in [3.63, 3.8) is 0 Å². The third-order valence-corrected chi connectivity index (χ3v) is 4.86. The summed E-state index contributed by atoms with van der Waals surface area (Å²) in [5, 5.41) is 14.0. The van der Waals surface area contributed by atoms with E-state index >= 15 is 0 Å². The van der Waals surface area contributed by atoms with Crippen molar-refractivity contribution in [3.05, 3.63) is 24.2 Å². The Bertz CT molecular complexity index is 897. The molecule has 1 aliphatic heterocycles. The number of carbonyl (C=O) groups excluding carboxylic acids is 1. The maximum Gasteiger partial charge on any atom is 0.323 e. The molecule has 1 saturated heterocycles. The fourth-order valence-electron chi connectivity index (χ4n) is 3.09. The zero-order valence-corrected chi connectivity index (χ0v) is 15.7. The number of fused-ring (bicyclic) bond motifs is 1. The van der Waals surface area contributed by atoms with Crippen LogP contribution < -0.4 is 11.5 Å². The van der Waals surface area contributed by atoms with Crippen LogP contribution in [0.5, 0.6) is 0 Å². The molecule has 1 aliphatic rings. The number of hydrogen-bond acceptors (Lipinski definition) is 8. The van der Waals surface area contributed by atoms with Crippen molar-refractivity contribution in [3.8, 4) is 6.07 Å². The molecule has 0 bridgehead atoms. The highest BCUT2D eigenvalue weighted by Crippen LogP contribution is 2.39. The lowest BCUT2D eigenvalue weighted by Crippen LogP contribution is -2.44. The van der Waals surface area contributed by atoms with Crippen molar-refractivity contribution in [2.24, 2.45) is 11.1 Å². The van der Waals surface area contributed by atoms with E-state index in [1.54, 1.807) is 16.6 Å². The van der Waals surface area contributed by atoms with Gasteiger partial charge in [-0.3, -0.25) is 4.79 Å². The monoisotopic (exact) mass is 372 g/mol. The third-order valence-electron chi connectivity index (χ3n) is 4.86. The number of anilines is 1. The Hall–Kier alpha value is -2.70. The molecule has 3 rings (SSSR count). The van der Waals surface area contributed by atoms with Crippen molar-refractivity contribution in [2.45, 2.75) is 51.4 Å². The molecule has 9 heteroatoms. The number of nitrogen functional groups attached to an aromatic ring is 1. The van der Waals surface area contributed by atoms with Crippen LogP contribution in [0.25, 0.3) is 5.52 Å². The highest BCUT2D eigenvalue weighted by Gasteiger charge is 2.45. The summed E-state index contributed by atoms with van der Waals surface area (Å²) in [5.74, 6) is -0.154. The van der Waals surface area contributed by atoms with Gasteiger partial charge in [0.15, 0.2) is 11.4 Å². The highest BCUT2D eigenvalue weighted by molar-refractivity contribution is 5.76. The Morgan fingerprint density at radius 3 is 2.96 bits per heavy atom. The number of aromatic nitrogens is 3. The first-order chi connectivity index (χ1) is 12.7. The fourth-order valence-corrected chi connectivity index (χ4v) is 3.09. The number of nitrogens with zero attached hydrogens (tertiary/aromatic N) is 4. The predicted molar refractivity (Wildman–Crippen MR) is 97.2 cm³/mol. The second-order valence-corrected chi connectivity index (χ2v) is 7.85. The number of esters is 1. The highest BCUT2D eigenvalue weighted by atomic mass is 16.6. The lowest BCUT2D eigenvalue weighted by molar-refractivity contribution is -0.152. The van der Waals surface area contributed by atoms with Gasteiger partial charge in [-0.25, -0.2) is 9.50 Å². The molecular weight excluding hydrogens is 348 g/mol. The van der Waals surface area contributed by atoms with E-state index in [-0.39, 0.29) is 6.61 Å². The van der Waals surface area contributed by atoms with Crippen LogP contribution in [0.2, 0.25) is 0 Å². The summed E-state index contributed by atoms with van der Waals surface area (Å²) in [6, 6.07) is 5.03.